The molecule has 1 atom stereocenters. The maximum atomic E-state index is 3.51. The topological polar surface area (TPSA) is 15.3 Å². The van der Waals surface area contributed by atoms with E-state index in [1.807, 2.05) is 0 Å². The zero-order chi connectivity index (χ0) is 10.0. The van der Waals surface area contributed by atoms with E-state index in [2.05, 4.69) is 24.1 Å². The molecule has 1 saturated carbocycles. The fraction of sp³-hybridized carbons (Fsp3) is 1.00. The average molecular weight is 196 g/mol. The standard InChI is InChI=1S/C12H24N2/c1-11-8-13-6-7-14(9-11)10-12(2)4-3-5-12/h11,13H,3-10H2,1-2H3. The van der Waals surface area contributed by atoms with Crippen LogP contribution in [0, 0.1) is 11.3 Å². The molecule has 1 saturated heterocycles. The van der Waals surface area contributed by atoms with Crippen molar-refractivity contribution in [3.63, 3.8) is 0 Å². The third-order valence-corrected chi connectivity index (χ3v) is 3.83. The Morgan fingerprint density at radius 1 is 1.43 bits per heavy atom. The van der Waals surface area contributed by atoms with Crippen molar-refractivity contribution in [2.75, 3.05) is 32.7 Å². The minimum Gasteiger partial charge on any atom is -0.315 e. The zero-order valence-corrected chi connectivity index (χ0v) is 9.68. The van der Waals surface area contributed by atoms with Gasteiger partial charge in [0.1, 0.15) is 0 Å². The quantitative estimate of drug-likeness (QED) is 0.723. The molecule has 0 bridgehead atoms. The molecule has 1 aliphatic heterocycles. The lowest BCUT2D eigenvalue weighted by Crippen LogP contribution is -2.42. The highest BCUT2D eigenvalue weighted by atomic mass is 15.2. The summed E-state index contributed by atoms with van der Waals surface area (Å²) in [6, 6.07) is 0. The van der Waals surface area contributed by atoms with Crippen LogP contribution in [-0.4, -0.2) is 37.6 Å². The third-order valence-electron chi connectivity index (χ3n) is 3.83. The van der Waals surface area contributed by atoms with Gasteiger partial charge in [0.25, 0.3) is 0 Å². The predicted octanol–water partition coefficient (Wildman–Crippen LogP) is 1.72. The van der Waals surface area contributed by atoms with Gasteiger partial charge in [0.05, 0.1) is 0 Å². The lowest BCUT2D eigenvalue weighted by molar-refractivity contribution is 0.0835. The van der Waals surface area contributed by atoms with E-state index >= 15 is 0 Å². The summed E-state index contributed by atoms with van der Waals surface area (Å²) in [6.07, 6.45) is 4.36. The van der Waals surface area contributed by atoms with Crippen molar-refractivity contribution in [1.82, 2.24) is 10.2 Å². The van der Waals surface area contributed by atoms with Gasteiger partial charge in [-0.05, 0) is 30.7 Å². The van der Waals surface area contributed by atoms with Crippen molar-refractivity contribution in [1.29, 1.82) is 0 Å². The fourth-order valence-electron chi connectivity index (χ4n) is 2.80. The lowest BCUT2D eigenvalue weighted by Gasteiger charge is -2.42. The van der Waals surface area contributed by atoms with Gasteiger partial charge in [-0.25, -0.2) is 0 Å². The smallest absolute Gasteiger partial charge is 0.0107 e. The van der Waals surface area contributed by atoms with Crippen LogP contribution in [0.4, 0.5) is 0 Å². The first-order valence-electron chi connectivity index (χ1n) is 6.11. The van der Waals surface area contributed by atoms with E-state index in [4.69, 9.17) is 0 Å². The molecule has 2 rings (SSSR count). The Labute approximate surface area is 88.1 Å². The zero-order valence-electron chi connectivity index (χ0n) is 9.68. The summed E-state index contributed by atoms with van der Waals surface area (Å²) >= 11 is 0. The number of rotatable bonds is 2. The predicted molar refractivity (Wildman–Crippen MR) is 60.4 cm³/mol. The summed E-state index contributed by atoms with van der Waals surface area (Å²) in [5.41, 5.74) is 0.657. The molecule has 2 fully saturated rings. The Balaban J connectivity index is 1.83. The van der Waals surface area contributed by atoms with Crippen LogP contribution in [0.15, 0.2) is 0 Å². The normalized spacial score (nSPS) is 33.4. The number of hydrogen-bond donors (Lipinski definition) is 1. The van der Waals surface area contributed by atoms with E-state index in [0.29, 0.717) is 5.41 Å². The number of nitrogens with zero attached hydrogens (tertiary/aromatic N) is 1. The minimum atomic E-state index is 0.657. The molecule has 1 heterocycles. The summed E-state index contributed by atoms with van der Waals surface area (Å²) in [5, 5.41) is 3.51. The first kappa shape index (κ1) is 10.4. The van der Waals surface area contributed by atoms with E-state index in [0.717, 1.165) is 5.92 Å². The van der Waals surface area contributed by atoms with E-state index in [9.17, 15) is 0 Å². The van der Waals surface area contributed by atoms with Gasteiger partial charge in [0.2, 0.25) is 0 Å². The maximum absolute atomic E-state index is 3.51. The molecular formula is C12H24N2. The molecule has 0 aromatic rings. The number of nitrogens with one attached hydrogen (secondary N) is 1. The second-order valence-electron chi connectivity index (χ2n) is 5.71. The molecule has 1 N–H and O–H groups in total. The summed E-state index contributed by atoms with van der Waals surface area (Å²) in [7, 11) is 0. The van der Waals surface area contributed by atoms with Gasteiger partial charge in [-0.2, -0.15) is 0 Å². The summed E-state index contributed by atoms with van der Waals surface area (Å²) in [5.74, 6) is 0.821. The van der Waals surface area contributed by atoms with Crippen molar-refractivity contribution in [3.05, 3.63) is 0 Å². The van der Waals surface area contributed by atoms with Crippen molar-refractivity contribution in [2.24, 2.45) is 11.3 Å². The SMILES string of the molecule is CC1CNCCN(CC2(C)CCC2)C1. The third kappa shape index (κ3) is 2.48. The largest absolute Gasteiger partial charge is 0.315 e. The van der Waals surface area contributed by atoms with E-state index < -0.39 is 0 Å². The van der Waals surface area contributed by atoms with Crippen LogP contribution in [0.25, 0.3) is 0 Å². The highest BCUT2D eigenvalue weighted by Gasteiger charge is 2.33. The molecule has 82 valence electrons. The first-order chi connectivity index (χ1) is 6.68. The Kier molecular flexibility index (Phi) is 3.13. The molecule has 0 radical (unpaired) electrons. The van der Waals surface area contributed by atoms with Crippen LogP contribution in [0.2, 0.25) is 0 Å². The van der Waals surface area contributed by atoms with Crippen LogP contribution in [-0.2, 0) is 0 Å². The van der Waals surface area contributed by atoms with E-state index in [1.54, 1.807) is 0 Å². The second-order valence-corrected chi connectivity index (χ2v) is 5.71. The fourth-order valence-corrected chi connectivity index (χ4v) is 2.80. The Morgan fingerprint density at radius 2 is 2.21 bits per heavy atom. The number of hydrogen-bond acceptors (Lipinski definition) is 2. The van der Waals surface area contributed by atoms with E-state index in [-0.39, 0.29) is 0 Å². The molecule has 0 spiro atoms. The van der Waals surface area contributed by atoms with Gasteiger partial charge in [0, 0.05) is 26.2 Å². The molecular weight excluding hydrogens is 172 g/mol. The van der Waals surface area contributed by atoms with Crippen LogP contribution in [0.3, 0.4) is 0 Å². The summed E-state index contributed by atoms with van der Waals surface area (Å²) in [6.45, 7) is 11.1. The van der Waals surface area contributed by atoms with Crippen LogP contribution >= 0.6 is 0 Å². The monoisotopic (exact) mass is 196 g/mol. The molecule has 2 aliphatic rings. The van der Waals surface area contributed by atoms with E-state index in [1.165, 1.54) is 52.0 Å². The van der Waals surface area contributed by atoms with Crippen molar-refractivity contribution in [2.45, 2.75) is 33.1 Å². The van der Waals surface area contributed by atoms with Gasteiger partial charge in [-0.3, -0.25) is 0 Å². The van der Waals surface area contributed by atoms with Crippen molar-refractivity contribution in [3.8, 4) is 0 Å². The Bertz CT molecular complexity index is 187. The molecule has 0 aromatic heterocycles. The van der Waals surface area contributed by atoms with Crippen LogP contribution in [0.1, 0.15) is 33.1 Å². The Hall–Kier alpha value is -0.0800. The van der Waals surface area contributed by atoms with Gasteiger partial charge in [0.15, 0.2) is 0 Å². The lowest BCUT2D eigenvalue weighted by atomic mass is 9.70. The molecule has 1 unspecified atom stereocenters. The molecule has 0 aromatic carbocycles. The maximum Gasteiger partial charge on any atom is 0.0107 e. The van der Waals surface area contributed by atoms with Crippen molar-refractivity contribution >= 4 is 0 Å². The molecule has 14 heavy (non-hydrogen) atoms. The van der Waals surface area contributed by atoms with Gasteiger partial charge < -0.3 is 10.2 Å². The average Bonchev–Trinajstić information content (AvgIpc) is 2.27. The first-order valence-corrected chi connectivity index (χ1v) is 6.11. The molecule has 0 amide bonds. The minimum absolute atomic E-state index is 0.657. The van der Waals surface area contributed by atoms with Crippen molar-refractivity contribution < 1.29 is 0 Å². The van der Waals surface area contributed by atoms with Gasteiger partial charge in [-0.15, -0.1) is 0 Å². The molecule has 1 aliphatic carbocycles. The Morgan fingerprint density at radius 3 is 2.86 bits per heavy atom. The second kappa shape index (κ2) is 4.19. The summed E-state index contributed by atoms with van der Waals surface area (Å²) in [4.78, 5) is 2.67. The van der Waals surface area contributed by atoms with Gasteiger partial charge >= 0.3 is 0 Å². The van der Waals surface area contributed by atoms with Gasteiger partial charge in [-0.1, -0.05) is 20.3 Å². The highest BCUT2D eigenvalue weighted by Crippen LogP contribution is 2.40. The highest BCUT2D eigenvalue weighted by molar-refractivity contribution is 4.87. The van der Waals surface area contributed by atoms with Crippen LogP contribution < -0.4 is 5.32 Å². The molecule has 2 nitrogen and oxygen atoms in total. The van der Waals surface area contributed by atoms with Crippen LogP contribution in [0.5, 0.6) is 0 Å². The summed E-state index contributed by atoms with van der Waals surface area (Å²) < 4.78 is 0. The molecule has 2 heteroatoms.